The Morgan fingerprint density at radius 3 is 2.12 bits per heavy atom. The van der Waals surface area contributed by atoms with Crippen molar-refractivity contribution in [2.45, 2.75) is 43.0 Å². The third-order valence-corrected chi connectivity index (χ3v) is 8.69. The van der Waals surface area contributed by atoms with Gasteiger partial charge in [0.1, 0.15) is 0 Å². The molecule has 0 aliphatic carbocycles. The number of hydrogen-bond acceptors (Lipinski definition) is 4. The van der Waals surface area contributed by atoms with Gasteiger partial charge in [-0.2, -0.15) is 0 Å². The monoisotopic (exact) mass is 514 g/mol. The predicted molar refractivity (Wildman–Crippen MR) is 128 cm³/mol. The van der Waals surface area contributed by atoms with E-state index in [2.05, 4.69) is 35.0 Å². The number of fused-ring (bicyclic) bond motifs is 1. The second kappa shape index (κ2) is 7.71. The molecule has 0 radical (unpaired) electrons. The summed E-state index contributed by atoms with van der Waals surface area (Å²) in [6.45, 7) is 5.98. The maximum absolute atomic E-state index is 13.8. The first-order chi connectivity index (χ1) is 15.0. The Morgan fingerprint density at radius 1 is 0.938 bits per heavy atom. The minimum Gasteiger partial charge on any atom is -0.260 e. The molecule has 1 aliphatic heterocycles. The number of non-ortho nitro benzene ring substituents is 1. The van der Waals surface area contributed by atoms with Gasteiger partial charge in [0.05, 0.1) is 21.0 Å². The standard InChI is InChI=1S/C24H23BrN2O4S/c1-23(2)16-24(3,17-8-10-18(25)11-9-17)21-6-4-5-7-22(21)26(23)32(30,31)20-14-12-19(13-15-20)27(28)29/h4-15H,16H2,1-3H3. The molecule has 32 heavy (non-hydrogen) atoms. The van der Waals surface area contributed by atoms with Gasteiger partial charge in [0.2, 0.25) is 0 Å². The first-order valence-electron chi connectivity index (χ1n) is 10.1. The summed E-state index contributed by atoms with van der Waals surface area (Å²) < 4.78 is 30.0. The lowest BCUT2D eigenvalue weighted by atomic mass is 9.66. The van der Waals surface area contributed by atoms with Crippen LogP contribution in [0.5, 0.6) is 0 Å². The highest BCUT2D eigenvalue weighted by molar-refractivity contribution is 9.10. The number of anilines is 1. The van der Waals surface area contributed by atoms with Crippen LogP contribution in [0.1, 0.15) is 38.3 Å². The molecule has 0 saturated carbocycles. The minimum absolute atomic E-state index is 0.0261. The molecule has 1 unspecified atom stereocenters. The van der Waals surface area contributed by atoms with Gasteiger partial charge < -0.3 is 0 Å². The van der Waals surface area contributed by atoms with Crippen LogP contribution >= 0.6 is 15.9 Å². The third kappa shape index (κ3) is 3.61. The van der Waals surface area contributed by atoms with E-state index in [1.807, 2.05) is 50.2 Å². The summed E-state index contributed by atoms with van der Waals surface area (Å²) in [4.78, 5) is 10.5. The van der Waals surface area contributed by atoms with Gasteiger partial charge >= 0.3 is 0 Å². The van der Waals surface area contributed by atoms with Crippen LogP contribution in [0.15, 0.2) is 82.2 Å². The lowest BCUT2D eigenvalue weighted by Crippen LogP contribution is -2.55. The molecule has 4 rings (SSSR count). The van der Waals surface area contributed by atoms with E-state index in [-0.39, 0.29) is 10.6 Å². The van der Waals surface area contributed by atoms with E-state index in [9.17, 15) is 18.5 Å². The van der Waals surface area contributed by atoms with E-state index >= 15 is 0 Å². The van der Waals surface area contributed by atoms with Gasteiger partial charge in [-0.25, -0.2) is 8.42 Å². The number of hydrogen-bond donors (Lipinski definition) is 0. The molecule has 0 spiro atoms. The van der Waals surface area contributed by atoms with Crippen molar-refractivity contribution in [1.82, 2.24) is 0 Å². The minimum atomic E-state index is -3.96. The van der Waals surface area contributed by atoms with Gasteiger partial charge in [-0.15, -0.1) is 0 Å². The first kappa shape index (κ1) is 22.5. The van der Waals surface area contributed by atoms with Crippen molar-refractivity contribution in [3.05, 3.63) is 98.5 Å². The van der Waals surface area contributed by atoms with Crippen molar-refractivity contribution in [2.75, 3.05) is 4.31 Å². The SMILES string of the molecule is CC1(c2ccc(Br)cc2)CC(C)(C)N(S(=O)(=O)c2ccc([N+](=O)[O-])cc2)c2ccccc21. The Morgan fingerprint density at radius 2 is 1.53 bits per heavy atom. The normalized spacial score (nSPS) is 19.9. The van der Waals surface area contributed by atoms with E-state index in [4.69, 9.17) is 0 Å². The zero-order valence-electron chi connectivity index (χ0n) is 17.9. The summed E-state index contributed by atoms with van der Waals surface area (Å²) in [5, 5.41) is 11.0. The van der Waals surface area contributed by atoms with Gasteiger partial charge in [-0.1, -0.05) is 53.2 Å². The molecule has 0 bridgehead atoms. The number of benzene rings is 3. The van der Waals surface area contributed by atoms with Crippen molar-refractivity contribution in [1.29, 1.82) is 0 Å². The van der Waals surface area contributed by atoms with E-state index in [1.165, 1.54) is 28.6 Å². The second-order valence-corrected chi connectivity index (χ2v) is 11.6. The van der Waals surface area contributed by atoms with Crippen LogP contribution in [0.2, 0.25) is 0 Å². The van der Waals surface area contributed by atoms with E-state index < -0.39 is 25.9 Å². The van der Waals surface area contributed by atoms with Crippen LogP contribution < -0.4 is 4.31 Å². The summed E-state index contributed by atoms with van der Waals surface area (Å²) in [5.41, 5.74) is 1.34. The Labute approximate surface area is 196 Å². The van der Waals surface area contributed by atoms with Crippen LogP contribution in [-0.2, 0) is 15.4 Å². The Kier molecular flexibility index (Phi) is 5.41. The molecule has 3 aromatic rings. The van der Waals surface area contributed by atoms with Crippen molar-refractivity contribution in [3.63, 3.8) is 0 Å². The molecular weight excluding hydrogens is 492 g/mol. The van der Waals surface area contributed by atoms with Crippen LogP contribution in [-0.4, -0.2) is 18.9 Å². The van der Waals surface area contributed by atoms with Gasteiger partial charge in [0.25, 0.3) is 15.7 Å². The molecule has 0 fully saturated rings. The average Bonchev–Trinajstić information content (AvgIpc) is 2.73. The highest BCUT2D eigenvalue weighted by Crippen LogP contribution is 2.52. The maximum Gasteiger partial charge on any atom is 0.269 e. The van der Waals surface area contributed by atoms with E-state index in [0.717, 1.165) is 15.6 Å². The number of nitro benzene ring substituents is 1. The van der Waals surface area contributed by atoms with Gasteiger partial charge in [0, 0.05) is 22.0 Å². The molecule has 3 aromatic carbocycles. The number of para-hydroxylation sites is 1. The number of halogens is 1. The van der Waals surface area contributed by atoms with Crippen LogP contribution in [0.3, 0.4) is 0 Å². The molecule has 1 atom stereocenters. The van der Waals surface area contributed by atoms with Crippen molar-refractivity contribution >= 4 is 37.3 Å². The summed E-state index contributed by atoms with van der Waals surface area (Å²) in [6, 6.07) is 20.7. The summed E-state index contributed by atoms with van der Waals surface area (Å²) in [5.74, 6) is 0. The highest BCUT2D eigenvalue weighted by atomic mass is 79.9. The van der Waals surface area contributed by atoms with Crippen molar-refractivity contribution in [3.8, 4) is 0 Å². The molecule has 1 aliphatic rings. The zero-order valence-corrected chi connectivity index (χ0v) is 20.4. The van der Waals surface area contributed by atoms with E-state index in [1.54, 1.807) is 0 Å². The molecule has 166 valence electrons. The number of nitro groups is 1. The number of nitrogens with zero attached hydrogens (tertiary/aromatic N) is 2. The molecule has 8 heteroatoms. The van der Waals surface area contributed by atoms with Gasteiger partial charge in [0.15, 0.2) is 0 Å². The average molecular weight is 515 g/mol. The molecule has 0 saturated heterocycles. The summed E-state index contributed by atoms with van der Waals surface area (Å²) in [6.07, 6.45) is 0.560. The molecule has 6 nitrogen and oxygen atoms in total. The largest absolute Gasteiger partial charge is 0.269 e. The first-order valence-corrected chi connectivity index (χ1v) is 12.4. The van der Waals surface area contributed by atoms with E-state index in [0.29, 0.717) is 12.1 Å². The van der Waals surface area contributed by atoms with Crippen molar-refractivity contribution < 1.29 is 13.3 Å². The second-order valence-electron chi connectivity index (χ2n) is 8.87. The lowest BCUT2D eigenvalue weighted by Gasteiger charge is -2.51. The third-order valence-electron chi connectivity index (χ3n) is 6.12. The maximum atomic E-state index is 13.8. The smallest absolute Gasteiger partial charge is 0.260 e. The van der Waals surface area contributed by atoms with Crippen LogP contribution in [0.25, 0.3) is 0 Å². The van der Waals surface area contributed by atoms with Crippen LogP contribution in [0.4, 0.5) is 11.4 Å². The fourth-order valence-corrected chi connectivity index (χ4v) is 6.94. The fourth-order valence-electron chi connectivity index (χ4n) is 4.85. The van der Waals surface area contributed by atoms with Gasteiger partial charge in [-0.05, 0) is 61.7 Å². The Bertz CT molecular complexity index is 1290. The Balaban J connectivity index is 1.89. The molecule has 0 N–H and O–H groups in total. The molecule has 0 amide bonds. The molecule has 0 aromatic heterocycles. The number of rotatable bonds is 4. The highest BCUT2D eigenvalue weighted by Gasteiger charge is 2.49. The number of sulfonamides is 1. The summed E-state index contributed by atoms with van der Waals surface area (Å²) in [7, 11) is -3.96. The quantitative estimate of drug-likeness (QED) is 0.313. The fraction of sp³-hybridized carbons (Fsp3) is 0.250. The van der Waals surface area contributed by atoms with Gasteiger partial charge in [-0.3, -0.25) is 14.4 Å². The topological polar surface area (TPSA) is 80.5 Å². The molecular formula is C24H23BrN2O4S. The summed E-state index contributed by atoms with van der Waals surface area (Å²) >= 11 is 3.49. The zero-order chi connectivity index (χ0) is 23.3. The van der Waals surface area contributed by atoms with Crippen LogP contribution in [0, 0.1) is 10.1 Å². The predicted octanol–water partition coefficient (Wildman–Crippen LogP) is 6.04. The van der Waals surface area contributed by atoms with Crippen molar-refractivity contribution in [2.24, 2.45) is 0 Å². The molecule has 1 heterocycles. The Hall–Kier alpha value is -2.71. The lowest BCUT2D eigenvalue weighted by molar-refractivity contribution is -0.384.